The average Bonchev–Trinajstić information content (AvgIpc) is 3.16. The lowest BCUT2D eigenvalue weighted by molar-refractivity contribution is -0.143. The van der Waals surface area contributed by atoms with E-state index in [0.717, 1.165) is 23.1 Å². The van der Waals surface area contributed by atoms with Crippen molar-refractivity contribution in [1.82, 2.24) is 4.57 Å². The van der Waals surface area contributed by atoms with Gasteiger partial charge >= 0.3 is 5.97 Å². The van der Waals surface area contributed by atoms with Gasteiger partial charge in [-0.3, -0.25) is 9.59 Å². The number of hydrogen-bond acceptors (Lipinski definition) is 4. The highest BCUT2D eigenvalue weighted by Crippen LogP contribution is 2.28. The standard InChI is InChI=1S/C18H21ClN2O3S/c1-2-24-17(23)11-21-14-8-7-13(19)10-15(14)25-18(21)20-16(22)9-12-5-3-4-6-12/h7-8,10,12H,2-6,9,11H2,1H3. The maximum atomic E-state index is 12.4. The maximum absolute atomic E-state index is 12.4. The molecule has 1 aliphatic rings. The van der Waals surface area contributed by atoms with E-state index in [1.165, 1.54) is 24.2 Å². The van der Waals surface area contributed by atoms with Crippen molar-refractivity contribution in [2.45, 2.75) is 45.6 Å². The summed E-state index contributed by atoms with van der Waals surface area (Å²) < 4.78 is 7.68. The lowest BCUT2D eigenvalue weighted by atomic mass is 10.0. The molecule has 0 saturated heterocycles. The van der Waals surface area contributed by atoms with E-state index >= 15 is 0 Å². The molecule has 1 fully saturated rings. The van der Waals surface area contributed by atoms with Crippen LogP contribution in [0.2, 0.25) is 5.02 Å². The van der Waals surface area contributed by atoms with Crippen molar-refractivity contribution in [1.29, 1.82) is 0 Å². The smallest absolute Gasteiger partial charge is 0.326 e. The van der Waals surface area contributed by atoms with Crippen LogP contribution in [0.15, 0.2) is 23.2 Å². The van der Waals surface area contributed by atoms with Gasteiger partial charge in [0.2, 0.25) is 5.91 Å². The first-order valence-corrected chi connectivity index (χ1v) is 9.78. The van der Waals surface area contributed by atoms with Gasteiger partial charge in [0.15, 0.2) is 4.80 Å². The van der Waals surface area contributed by atoms with Crippen molar-refractivity contribution < 1.29 is 14.3 Å². The molecule has 0 N–H and O–H groups in total. The van der Waals surface area contributed by atoms with E-state index < -0.39 is 0 Å². The van der Waals surface area contributed by atoms with E-state index in [1.807, 2.05) is 12.1 Å². The molecular weight excluding hydrogens is 360 g/mol. The Hall–Kier alpha value is -1.66. The molecule has 0 bridgehead atoms. The third-order valence-electron chi connectivity index (χ3n) is 4.40. The normalized spacial score (nSPS) is 15.8. The average molecular weight is 381 g/mol. The van der Waals surface area contributed by atoms with E-state index in [4.69, 9.17) is 16.3 Å². The first-order chi connectivity index (χ1) is 12.1. The van der Waals surface area contributed by atoms with Crippen LogP contribution in [0.25, 0.3) is 10.2 Å². The zero-order valence-corrected chi connectivity index (χ0v) is 15.7. The number of nitrogens with zero attached hydrogens (tertiary/aromatic N) is 2. The number of esters is 1. The summed E-state index contributed by atoms with van der Waals surface area (Å²) in [6, 6.07) is 5.43. The maximum Gasteiger partial charge on any atom is 0.326 e. The number of benzene rings is 1. The second-order valence-electron chi connectivity index (χ2n) is 6.25. The van der Waals surface area contributed by atoms with Crippen molar-refractivity contribution in [3.63, 3.8) is 0 Å². The lowest BCUT2D eigenvalue weighted by Crippen LogP contribution is -2.23. The van der Waals surface area contributed by atoms with Crippen molar-refractivity contribution in [3.8, 4) is 0 Å². The molecule has 0 aliphatic heterocycles. The lowest BCUT2D eigenvalue weighted by Gasteiger charge is -2.06. The van der Waals surface area contributed by atoms with Gasteiger partial charge in [-0.2, -0.15) is 4.99 Å². The summed E-state index contributed by atoms with van der Waals surface area (Å²) in [5.41, 5.74) is 0.829. The molecule has 134 valence electrons. The second-order valence-corrected chi connectivity index (χ2v) is 7.69. The molecule has 1 saturated carbocycles. The number of carbonyl (C=O) groups excluding carboxylic acids is 2. The Morgan fingerprint density at radius 3 is 2.84 bits per heavy atom. The van der Waals surface area contributed by atoms with E-state index in [1.54, 1.807) is 17.6 Å². The van der Waals surface area contributed by atoms with Crippen LogP contribution in [0, 0.1) is 5.92 Å². The number of halogens is 1. The molecule has 1 aliphatic carbocycles. The molecular formula is C18H21ClN2O3S. The highest BCUT2D eigenvalue weighted by Gasteiger charge is 2.19. The largest absolute Gasteiger partial charge is 0.465 e. The Balaban J connectivity index is 1.95. The quantitative estimate of drug-likeness (QED) is 0.738. The van der Waals surface area contributed by atoms with Gasteiger partial charge in [0.1, 0.15) is 6.54 Å². The third kappa shape index (κ3) is 4.50. The van der Waals surface area contributed by atoms with E-state index in [9.17, 15) is 9.59 Å². The fourth-order valence-corrected chi connectivity index (χ4v) is 4.56. The van der Waals surface area contributed by atoms with Crippen molar-refractivity contribution >= 4 is 45.0 Å². The summed E-state index contributed by atoms with van der Waals surface area (Å²) in [5, 5.41) is 0.612. The summed E-state index contributed by atoms with van der Waals surface area (Å²) in [6.07, 6.45) is 5.08. The van der Waals surface area contributed by atoms with Crippen molar-refractivity contribution in [2.24, 2.45) is 10.9 Å². The number of rotatable bonds is 5. The first kappa shape index (κ1) is 18.1. The van der Waals surface area contributed by atoms with Gasteiger partial charge < -0.3 is 9.30 Å². The summed E-state index contributed by atoms with van der Waals surface area (Å²) >= 11 is 7.43. The minimum absolute atomic E-state index is 0.0328. The zero-order valence-electron chi connectivity index (χ0n) is 14.2. The molecule has 2 aromatic rings. The van der Waals surface area contributed by atoms with Crippen LogP contribution in [-0.4, -0.2) is 23.1 Å². The summed E-state index contributed by atoms with van der Waals surface area (Å²) in [5.74, 6) is -0.0254. The molecule has 0 radical (unpaired) electrons. The summed E-state index contributed by atoms with van der Waals surface area (Å²) in [7, 11) is 0. The molecule has 5 nitrogen and oxygen atoms in total. The van der Waals surface area contributed by atoms with Crippen LogP contribution < -0.4 is 4.80 Å². The molecule has 0 unspecified atom stereocenters. The SMILES string of the molecule is CCOC(=O)Cn1c(=NC(=O)CC2CCCC2)sc2cc(Cl)ccc21. The van der Waals surface area contributed by atoms with Crippen molar-refractivity contribution in [3.05, 3.63) is 28.0 Å². The van der Waals surface area contributed by atoms with Crippen LogP contribution in [0.4, 0.5) is 0 Å². The Bertz CT molecular complexity index is 850. The molecule has 1 amide bonds. The topological polar surface area (TPSA) is 60.7 Å². The Kier molecular flexibility index (Phi) is 5.91. The minimum atomic E-state index is -0.346. The van der Waals surface area contributed by atoms with Gasteiger partial charge in [-0.05, 0) is 43.9 Å². The number of carbonyl (C=O) groups is 2. The fourth-order valence-electron chi connectivity index (χ4n) is 3.23. The molecule has 0 spiro atoms. The molecule has 1 heterocycles. The molecule has 25 heavy (non-hydrogen) atoms. The van der Waals surface area contributed by atoms with Crippen LogP contribution in [0.1, 0.15) is 39.0 Å². The Morgan fingerprint density at radius 2 is 2.12 bits per heavy atom. The van der Waals surface area contributed by atoms with E-state index in [2.05, 4.69) is 4.99 Å². The minimum Gasteiger partial charge on any atom is -0.465 e. The second kappa shape index (κ2) is 8.15. The Morgan fingerprint density at radius 1 is 1.36 bits per heavy atom. The first-order valence-electron chi connectivity index (χ1n) is 8.59. The van der Waals surface area contributed by atoms with Crippen LogP contribution in [0.5, 0.6) is 0 Å². The molecule has 1 aromatic heterocycles. The third-order valence-corrected chi connectivity index (χ3v) is 5.67. The van der Waals surface area contributed by atoms with Gasteiger partial charge in [-0.15, -0.1) is 0 Å². The molecule has 7 heteroatoms. The van der Waals surface area contributed by atoms with Gasteiger partial charge in [-0.25, -0.2) is 0 Å². The zero-order chi connectivity index (χ0) is 17.8. The molecule has 0 atom stereocenters. The highest BCUT2D eigenvalue weighted by molar-refractivity contribution is 7.16. The van der Waals surface area contributed by atoms with Gasteiger partial charge in [0, 0.05) is 11.4 Å². The van der Waals surface area contributed by atoms with Crippen LogP contribution >= 0.6 is 22.9 Å². The predicted octanol–water partition coefficient (Wildman–Crippen LogP) is 3.93. The van der Waals surface area contributed by atoms with Gasteiger partial charge in [-0.1, -0.05) is 35.8 Å². The number of thiazole rings is 1. The van der Waals surface area contributed by atoms with Crippen LogP contribution in [-0.2, 0) is 20.9 Å². The number of amides is 1. The van der Waals surface area contributed by atoms with Crippen molar-refractivity contribution in [2.75, 3.05) is 6.61 Å². The number of hydrogen-bond donors (Lipinski definition) is 0. The van der Waals surface area contributed by atoms with Gasteiger partial charge in [0.25, 0.3) is 0 Å². The molecule has 3 rings (SSSR count). The van der Waals surface area contributed by atoms with E-state index in [0.29, 0.717) is 28.8 Å². The highest BCUT2D eigenvalue weighted by atomic mass is 35.5. The number of ether oxygens (including phenoxy) is 1. The Labute approximate surface area is 155 Å². The summed E-state index contributed by atoms with van der Waals surface area (Å²) in [4.78, 5) is 29.1. The van der Waals surface area contributed by atoms with Crippen LogP contribution in [0.3, 0.4) is 0 Å². The number of fused-ring (bicyclic) bond motifs is 1. The molecule has 1 aromatic carbocycles. The fraction of sp³-hybridized carbons (Fsp3) is 0.500. The monoisotopic (exact) mass is 380 g/mol. The van der Waals surface area contributed by atoms with E-state index in [-0.39, 0.29) is 18.4 Å². The summed E-state index contributed by atoms with van der Waals surface area (Å²) in [6.45, 7) is 2.12. The van der Waals surface area contributed by atoms with Gasteiger partial charge in [0.05, 0.1) is 16.8 Å². The predicted molar refractivity (Wildman–Crippen MR) is 98.6 cm³/mol. The number of aromatic nitrogens is 1.